The Kier molecular flexibility index (Phi) is 4.37. The molecular formula is C26H23NO3. The first-order valence-corrected chi connectivity index (χ1v) is 10.1. The summed E-state index contributed by atoms with van der Waals surface area (Å²) in [6, 6.07) is 25.1. The molecule has 150 valence electrons. The Morgan fingerprint density at radius 2 is 1.53 bits per heavy atom. The molecule has 1 aliphatic carbocycles. The summed E-state index contributed by atoms with van der Waals surface area (Å²) in [7, 11) is 0. The largest absolute Gasteiger partial charge is 0.508 e. The Balaban J connectivity index is 1.78. The SMILES string of the molecule is OC1=CCC(C2(c3ccc(O)cc3)c3ccccc3N(c3ccccc3)C2O)C=C1. The topological polar surface area (TPSA) is 63.9 Å². The molecule has 3 atom stereocenters. The van der Waals surface area contributed by atoms with Gasteiger partial charge in [-0.2, -0.15) is 0 Å². The monoisotopic (exact) mass is 397 g/mol. The molecule has 1 aliphatic heterocycles. The van der Waals surface area contributed by atoms with E-state index in [4.69, 9.17) is 0 Å². The van der Waals surface area contributed by atoms with Crippen LogP contribution >= 0.6 is 0 Å². The van der Waals surface area contributed by atoms with Gasteiger partial charge in [0, 0.05) is 11.4 Å². The lowest BCUT2D eigenvalue weighted by molar-refractivity contribution is 0.0953. The van der Waals surface area contributed by atoms with Crippen molar-refractivity contribution in [3.05, 3.63) is 114 Å². The fourth-order valence-electron chi connectivity index (χ4n) is 4.97. The first-order chi connectivity index (χ1) is 14.6. The van der Waals surface area contributed by atoms with Crippen molar-refractivity contribution in [1.82, 2.24) is 0 Å². The lowest BCUT2D eigenvalue weighted by atomic mass is 9.64. The molecule has 0 bridgehead atoms. The minimum Gasteiger partial charge on any atom is -0.508 e. The molecule has 3 aromatic carbocycles. The first kappa shape index (κ1) is 18.5. The second kappa shape index (κ2) is 7.08. The maximum absolute atomic E-state index is 12.0. The summed E-state index contributed by atoms with van der Waals surface area (Å²) in [6.45, 7) is 0. The lowest BCUT2D eigenvalue weighted by Crippen LogP contribution is -2.48. The molecular weight excluding hydrogens is 374 g/mol. The van der Waals surface area contributed by atoms with Gasteiger partial charge in [0.05, 0.1) is 5.41 Å². The Morgan fingerprint density at radius 1 is 0.833 bits per heavy atom. The van der Waals surface area contributed by atoms with Crippen molar-refractivity contribution in [3.8, 4) is 5.75 Å². The molecule has 1 heterocycles. The van der Waals surface area contributed by atoms with E-state index in [0.29, 0.717) is 6.42 Å². The number of hydrogen-bond donors (Lipinski definition) is 3. The van der Waals surface area contributed by atoms with Crippen molar-refractivity contribution in [3.63, 3.8) is 0 Å². The number of aromatic hydroxyl groups is 1. The van der Waals surface area contributed by atoms with Gasteiger partial charge < -0.3 is 20.2 Å². The molecule has 2 aliphatic rings. The summed E-state index contributed by atoms with van der Waals surface area (Å²) in [4.78, 5) is 1.98. The molecule has 3 N–H and O–H groups in total. The van der Waals surface area contributed by atoms with Crippen LogP contribution in [0.1, 0.15) is 17.5 Å². The Bertz CT molecular complexity index is 1120. The first-order valence-electron chi connectivity index (χ1n) is 10.1. The van der Waals surface area contributed by atoms with E-state index in [1.807, 2.05) is 71.6 Å². The van der Waals surface area contributed by atoms with Crippen LogP contribution < -0.4 is 4.90 Å². The van der Waals surface area contributed by atoms with Gasteiger partial charge in [0.25, 0.3) is 0 Å². The average molecular weight is 397 g/mol. The van der Waals surface area contributed by atoms with Gasteiger partial charge in [-0.05, 0) is 65.9 Å². The summed E-state index contributed by atoms with van der Waals surface area (Å²) in [6.07, 6.45) is 5.21. The number of phenols is 1. The summed E-state index contributed by atoms with van der Waals surface area (Å²) >= 11 is 0. The van der Waals surface area contributed by atoms with Crippen LogP contribution in [0.15, 0.2) is 103 Å². The van der Waals surface area contributed by atoms with Crippen molar-refractivity contribution < 1.29 is 15.3 Å². The van der Waals surface area contributed by atoms with Crippen LogP contribution in [0.2, 0.25) is 0 Å². The lowest BCUT2D eigenvalue weighted by Gasteiger charge is -2.42. The zero-order valence-electron chi connectivity index (χ0n) is 16.4. The van der Waals surface area contributed by atoms with Gasteiger partial charge in [-0.1, -0.05) is 54.6 Å². The highest BCUT2D eigenvalue weighted by molar-refractivity contribution is 5.76. The maximum atomic E-state index is 12.0. The van der Waals surface area contributed by atoms with Crippen molar-refractivity contribution in [1.29, 1.82) is 0 Å². The number of anilines is 2. The number of aliphatic hydroxyl groups is 2. The van der Waals surface area contributed by atoms with Gasteiger partial charge in [-0.3, -0.25) is 0 Å². The van der Waals surface area contributed by atoms with Gasteiger partial charge in [-0.25, -0.2) is 0 Å². The van der Waals surface area contributed by atoms with Crippen molar-refractivity contribution in [2.45, 2.75) is 18.1 Å². The number of nitrogens with zero attached hydrogens (tertiary/aromatic N) is 1. The molecule has 0 aromatic heterocycles. The van der Waals surface area contributed by atoms with E-state index in [1.165, 1.54) is 0 Å². The highest BCUT2D eigenvalue weighted by Gasteiger charge is 2.55. The average Bonchev–Trinajstić information content (AvgIpc) is 3.04. The maximum Gasteiger partial charge on any atom is 0.145 e. The van der Waals surface area contributed by atoms with Gasteiger partial charge in [0.15, 0.2) is 0 Å². The number of para-hydroxylation sites is 2. The molecule has 0 saturated heterocycles. The molecule has 4 nitrogen and oxygen atoms in total. The van der Waals surface area contributed by atoms with E-state index in [0.717, 1.165) is 22.5 Å². The van der Waals surface area contributed by atoms with Crippen LogP contribution in [0.3, 0.4) is 0 Å². The van der Waals surface area contributed by atoms with Gasteiger partial charge in [-0.15, -0.1) is 0 Å². The zero-order valence-corrected chi connectivity index (χ0v) is 16.4. The molecule has 0 spiro atoms. The smallest absolute Gasteiger partial charge is 0.145 e. The quantitative estimate of drug-likeness (QED) is 0.571. The summed E-state index contributed by atoms with van der Waals surface area (Å²) in [5.74, 6) is 0.349. The standard InChI is InChI=1S/C26H23NO3/c28-21-14-10-18(11-15-21)26(19-12-16-22(29)17-13-19)23-8-4-5-9-24(23)27(25(26)30)20-6-2-1-3-7-20/h1-12,14-17,19,25,28-30H,13H2. The number of benzene rings is 3. The summed E-state index contributed by atoms with van der Waals surface area (Å²) in [5, 5.41) is 31.8. The Hall–Kier alpha value is -3.50. The number of allylic oxidation sites excluding steroid dienone is 3. The van der Waals surface area contributed by atoms with Gasteiger partial charge >= 0.3 is 0 Å². The van der Waals surface area contributed by atoms with E-state index < -0.39 is 11.6 Å². The molecule has 30 heavy (non-hydrogen) atoms. The van der Waals surface area contributed by atoms with Crippen LogP contribution in [0, 0.1) is 5.92 Å². The van der Waals surface area contributed by atoms with Gasteiger partial charge in [0.1, 0.15) is 17.7 Å². The van der Waals surface area contributed by atoms with Crippen LogP contribution in [0.25, 0.3) is 0 Å². The van der Waals surface area contributed by atoms with Crippen LogP contribution in [0.5, 0.6) is 5.75 Å². The highest BCUT2D eigenvalue weighted by Crippen LogP contribution is 2.56. The molecule has 0 radical (unpaired) electrons. The number of fused-ring (bicyclic) bond motifs is 1. The third-order valence-electron chi connectivity index (χ3n) is 6.31. The minimum absolute atomic E-state index is 0.0807. The van der Waals surface area contributed by atoms with E-state index in [9.17, 15) is 15.3 Å². The minimum atomic E-state index is -0.870. The molecule has 0 saturated carbocycles. The second-order valence-electron chi connectivity index (χ2n) is 7.84. The summed E-state index contributed by atoms with van der Waals surface area (Å²) in [5.41, 5.74) is 3.04. The van der Waals surface area contributed by atoms with Crippen molar-refractivity contribution >= 4 is 11.4 Å². The molecule has 3 aromatic rings. The number of rotatable bonds is 3. The summed E-state index contributed by atoms with van der Waals surface area (Å²) < 4.78 is 0. The third kappa shape index (κ3) is 2.65. The number of aliphatic hydroxyl groups excluding tert-OH is 2. The van der Waals surface area contributed by atoms with E-state index >= 15 is 0 Å². The Morgan fingerprint density at radius 3 is 2.23 bits per heavy atom. The van der Waals surface area contributed by atoms with E-state index in [-0.39, 0.29) is 17.4 Å². The number of hydrogen-bond acceptors (Lipinski definition) is 4. The highest BCUT2D eigenvalue weighted by atomic mass is 16.3. The van der Waals surface area contributed by atoms with Crippen molar-refractivity contribution in [2.24, 2.45) is 5.92 Å². The van der Waals surface area contributed by atoms with E-state index in [2.05, 4.69) is 6.07 Å². The fraction of sp³-hybridized carbons (Fsp3) is 0.154. The van der Waals surface area contributed by atoms with Crippen LogP contribution in [-0.4, -0.2) is 21.5 Å². The van der Waals surface area contributed by atoms with Crippen molar-refractivity contribution in [2.75, 3.05) is 4.90 Å². The molecule has 5 rings (SSSR count). The molecule has 4 heteroatoms. The number of phenolic OH excluding ortho intramolecular Hbond substituents is 1. The predicted molar refractivity (Wildman–Crippen MR) is 118 cm³/mol. The van der Waals surface area contributed by atoms with E-state index in [1.54, 1.807) is 24.3 Å². The Labute approximate surface area is 175 Å². The molecule has 0 fully saturated rings. The molecule has 0 amide bonds. The van der Waals surface area contributed by atoms with Gasteiger partial charge in [0.2, 0.25) is 0 Å². The second-order valence-corrected chi connectivity index (χ2v) is 7.84. The fourth-order valence-corrected chi connectivity index (χ4v) is 4.97. The normalized spacial score (nSPS) is 25.1. The molecule has 3 unspecified atom stereocenters. The van der Waals surface area contributed by atoms with Crippen LogP contribution in [-0.2, 0) is 5.41 Å². The third-order valence-corrected chi connectivity index (χ3v) is 6.31. The predicted octanol–water partition coefficient (Wildman–Crippen LogP) is 5.17. The zero-order chi connectivity index (χ0) is 20.7. The van der Waals surface area contributed by atoms with Crippen LogP contribution in [0.4, 0.5) is 11.4 Å².